The SMILES string of the molecule is COc1ccc(-n2c(CCN(Cc3ccnc4ccccc34)C(=O)Cc3ccc(C(F)(F)F)c(F)c3)nc3ccccc3c2=O)cc1. The lowest BCUT2D eigenvalue weighted by Crippen LogP contribution is -2.35. The van der Waals surface area contributed by atoms with E-state index in [9.17, 15) is 27.2 Å². The molecule has 7 nitrogen and oxygen atoms in total. The molecule has 0 atom stereocenters. The minimum atomic E-state index is -4.85. The van der Waals surface area contributed by atoms with E-state index in [0.717, 1.165) is 28.6 Å². The molecule has 47 heavy (non-hydrogen) atoms. The topological polar surface area (TPSA) is 77.3 Å². The molecule has 0 unspecified atom stereocenters. The fraction of sp³-hybridized carbons (Fsp3) is 0.167. The van der Waals surface area contributed by atoms with Crippen molar-refractivity contribution in [1.29, 1.82) is 0 Å². The summed E-state index contributed by atoms with van der Waals surface area (Å²) in [5, 5.41) is 1.25. The number of rotatable bonds is 9. The van der Waals surface area contributed by atoms with E-state index in [1.807, 2.05) is 24.3 Å². The summed E-state index contributed by atoms with van der Waals surface area (Å²) in [5.41, 5.74) is 0.997. The highest BCUT2D eigenvalue weighted by molar-refractivity contribution is 5.83. The number of carbonyl (C=O) groups excluding carboxylic acids is 1. The second-order valence-electron chi connectivity index (χ2n) is 10.9. The number of nitrogens with zero attached hydrogens (tertiary/aromatic N) is 4. The van der Waals surface area contributed by atoms with Gasteiger partial charge in [0.05, 0.1) is 41.2 Å². The van der Waals surface area contributed by atoms with E-state index in [4.69, 9.17) is 9.72 Å². The summed E-state index contributed by atoms with van der Waals surface area (Å²) in [6.45, 7) is 0.227. The van der Waals surface area contributed by atoms with Crippen LogP contribution in [-0.4, -0.2) is 39.0 Å². The summed E-state index contributed by atoms with van der Waals surface area (Å²) < 4.78 is 60.7. The Labute approximate surface area is 266 Å². The molecular weight excluding hydrogens is 612 g/mol. The van der Waals surface area contributed by atoms with Crippen LogP contribution < -0.4 is 10.3 Å². The zero-order chi connectivity index (χ0) is 33.1. The molecule has 0 bridgehead atoms. The Morgan fingerprint density at radius 3 is 2.30 bits per heavy atom. The van der Waals surface area contributed by atoms with Crippen molar-refractivity contribution in [3.63, 3.8) is 0 Å². The zero-order valence-electron chi connectivity index (χ0n) is 25.2. The molecule has 4 aromatic carbocycles. The fourth-order valence-electron chi connectivity index (χ4n) is 5.55. The van der Waals surface area contributed by atoms with Gasteiger partial charge in [0, 0.05) is 31.1 Å². The number of para-hydroxylation sites is 2. The first-order valence-corrected chi connectivity index (χ1v) is 14.7. The first-order chi connectivity index (χ1) is 22.6. The lowest BCUT2D eigenvalue weighted by molar-refractivity contribution is -0.140. The summed E-state index contributed by atoms with van der Waals surface area (Å²) in [6.07, 6.45) is -3.40. The lowest BCUT2D eigenvalue weighted by Gasteiger charge is -2.24. The van der Waals surface area contributed by atoms with Gasteiger partial charge in [-0.25, -0.2) is 9.37 Å². The van der Waals surface area contributed by atoms with Crippen LogP contribution in [0.25, 0.3) is 27.5 Å². The maximum Gasteiger partial charge on any atom is 0.419 e. The van der Waals surface area contributed by atoms with Gasteiger partial charge < -0.3 is 9.64 Å². The zero-order valence-corrected chi connectivity index (χ0v) is 25.2. The van der Waals surface area contributed by atoms with Crippen molar-refractivity contribution in [2.24, 2.45) is 0 Å². The van der Waals surface area contributed by atoms with Crippen molar-refractivity contribution in [3.8, 4) is 11.4 Å². The highest BCUT2D eigenvalue weighted by Gasteiger charge is 2.34. The number of fused-ring (bicyclic) bond motifs is 2. The molecule has 0 aliphatic rings. The molecule has 0 saturated carbocycles. The number of carbonyl (C=O) groups is 1. The third kappa shape index (κ3) is 6.69. The van der Waals surface area contributed by atoms with Crippen LogP contribution in [0, 0.1) is 5.82 Å². The van der Waals surface area contributed by atoms with Crippen LogP contribution in [0.2, 0.25) is 0 Å². The number of ether oxygens (including phenoxy) is 1. The highest BCUT2D eigenvalue weighted by Crippen LogP contribution is 2.32. The summed E-state index contributed by atoms with van der Waals surface area (Å²) in [7, 11) is 1.54. The van der Waals surface area contributed by atoms with Crippen molar-refractivity contribution in [1.82, 2.24) is 19.4 Å². The molecule has 0 aliphatic heterocycles. The van der Waals surface area contributed by atoms with Crippen LogP contribution >= 0.6 is 0 Å². The van der Waals surface area contributed by atoms with Gasteiger partial charge in [0.25, 0.3) is 5.56 Å². The molecule has 0 radical (unpaired) electrons. The standard InChI is InChI=1S/C36H28F4N4O3/c1-47-26-13-11-25(12-14-26)44-33(42-32-9-5-3-7-28(32)35(44)46)17-19-43(22-24-16-18-41-31-8-4-2-6-27(24)31)34(45)21-23-10-15-29(30(37)20-23)36(38,39)40/h2-16,18,20H,17,19,21-22H2,1H3. The Hall–Kier alpha value is -5.58. The third-order valence-electron chi connectivity index (χ3n) is 7.93. The highest BCUT2D eigenvalue weighted by atomic mass is 19.4. The van der Waals surface area contributed by atoms with Crippen molar-refractivity contribution >= 4 is 27.7 Å². The Bertz CT molecular complexity index is 2140. The molecule has 2 heterocycles. The molecule has 6 rings (SSSR count). The van der Waals surface area contributed by atoms with E-state index < -0.39 is 23.5 Å². The Kier molecular flexibility index (Phi) is 8.71. The maximum absolute atomic E-state index is 14.4. The first kappa shape index (κ1) is 31.4. The molecule has 11 heteroatoms. The average Bonchev–Trinajstić information content (AvgIpc) is 3.06. The van der Waals surface area contributed by atoms with E-state index in [0.29, 0.717) is 34.2 Å². The second kappa shape index (κ2) is 13.0. The van der Waals surface area contributed by atoms with Crippen LogP contribution in [0.3, 0.4) is 0 Å². The number of aromatic nitrogens is 3. The Balaban J connectivity index is 1.37. The number of pyridine rings is 1. The molecule has 0 spiro atoms. The van der Waals surface area contributed by atoms with Crippen LogP contribution in [0.15, 0.2) is 108 Å². The molecule has 238 valence electrons. The number of hydrogen-bond acceptors (Lipinski definition) is 5. The van der Waals surface area contributed by atoms with Gasteiger partial charge in [-0.05, 0) is 71.8 Å². The first-order valence-electron chi connectivity index (χ1n) is 14.7. The number of amides is 1. The predicted octanol–water partition coefficient (Wildman–Crippen LogP) is 6.91. The van der Waals surface area contributed by atoms with Crippen LogP contribution in [0.5, 0.6) is 5.75 Å². The smallest absolute Gasteiger partial charge is 0.419 e. The summed E-state index contributed by atoms with van der Waals surface area (Å²) >= 11 is 0. The second-order valence-corrected chi connectivity index (χ2v) is 10.9. The largest absolute Gasteiger partial charge is 0.497 e. The van der Waals surface area contributed by atoms with E-state index in [1.54, 1.807) is 67.9 Å². The van der Waals surface area contributed by atoms with Crippen LogP contribution in [0.1, 0.15) is 22.5 Å². The maximum atomic E-state index is 14.4. The summed E-state index contributed by atoms with van der Waals surface area (Å²) in [5.74, 6) is -0.877. The number of alkyl halides is 3. The van der Waals surface area contributed by atoms with Crippen molar-refractivity contribution in [2.75, 3.05) is 13.7 Å². The monoisotopic (exact) mass is 640 g/mol. The molecule has 0 N–H and O–H groups in total. The van der Waals surface area contributed by atoms with Gasteiger partial charge in [0.1, 0.15) is 17.4 Å². The molecule has 2 aromatic heterocycles. The third-order valence-corrected chi connectivity index (χ3v) is 7.93. The number of halogens is 4. The van der Waals surface area contributed by atoms with Crippen molar-refractivity contribution in [2.45, 2.75) is 25.6 Å². The lowest BCUT2D eigenvalue weighted by atomic mass is 10.1. The van der Waals surface area contributed by atoms with Gasteiger partial charge in [-0.2, -0.15) is 13.2 Å². The van der Waals surface area contributed by atoms with Gasteiger partial charge in [0.2, 0.25) is 5.91 Å². The predicted molar refractivity (Wildman–Crippen MR) is 170 cm³/mol. The van der Waals surface area contributed by atoms with E-state index in [2.05, 4.69) is 4.98 Å². The van der Waals surface area contributed by atoms with E-state index in [1.165, 1.54) is 9.47 Å². The number of methoxy groups -OCH3 is 1. The number of benzene rings is 4. The van der Waals surface area contributed by atoms with Gasteiger partial charge in [-0.1, -0.05) is 36.4 Å². The summed E-state index contributed by atoms with van der Waals surface area (Å²) in [6, 6.07) is 25.7. The van der Waals surface area contributed by atoms with Gasteiger partial charge in [0.15, 0.2) is 0 Å². The number of hydrogen-bond donors (Lipinski definition) is 0. The molecule has 0 aliphatic carbocycles. The quantitative estimate of drug-likeness (QED) is 0.161. The fourth-order valence-corrected chi connectivity index (χ4v) is 5.55. The van der Waals surface area contributed by atoms with E-state index in [-0.39, 0.29) is 37.1 Å². The van der Waals surface area contributed by atoms with E-state index >= 15 is 0 Å². The average molecular weight is 641 g/mol. The molecule has 0 saturated heterocycles. The van der Waals surface area contributed by atoms with Gasteiger partial charge in [-0.3, -0.25) is 19.1 Å². The Morgan fingerprint density at radius 2 is 1.60 bits per heavy atom. The Morgan fingerprint density at radius 1 is 0.894 bits per heavy atom. The normalized spacial score (nSPS) is 11.6. The van der Waals surface area contributed by atoms with Crippen LogP contribution in [0.4, 0.5) is 17.6 Å². The molecular formula is C36H28F4N4O3. The van der Waals surface area contributed by atoms with Crippen LogP contribution in [-0.2, 0) is 30.4 Å². The van der Waals surface area contributed by atoms with Crippen molar-refractivity contribution in [3.05, 3.63) is 142 Å². The van der Waals surface area contributed by atoms with Crippen molar-refractivity contribution < 1.29 is 27.1 Å². The molecule has 6 aromatic rings. The molecule has 0 fully saturated rings. The minimum absolute atomic E-state index is 0.0968. The summed E-state index contributed by atoms with van der Waals surface area (Å²) in [4.78, 5) is 38.3. The van der Waals surface area contributed by atoms with Gasteiger partial charge >= 0.3 is 6.18 Å². The minimum Gasteiger partial charge on any atom is -0.497 e. The molecule has 1 amide bonds. The van der Waals surface area contributed by atoms with Gasteiger partial charge in [-0.15, -0.1) is 0 Å².